The third kappa shape index (κ3) is 3.57. The van der Waals surface area contributed by atoms with E-state index in [1.165, 1.54) is 0 Å². The Labute approximate surface area is 167 Å². The van der Waals surface area contributed by atoms with Gasteiger partial charge in [0.25, 0.3) is 11.8 Å². The van der Waals surface area contributed by atoms with Crippen molar-refractivity contribution in [3.63, 3.8) is 0 Å². The number of nitrogens with zero attached hydrogens (tertiary/aromatic N) is 4. The quantitative estimate of drug-likeness (QED) is 0.621. The summed E-state index contributed by atoms with van der Waals surface area (Å²) in [6, 6.07) is 10.9. The standard InChI is InChI=1S/C20H19ClN4O3/c1-27-16-9-3-2-7-14(16)19-23-18(24-28-19)13-6-5-11-25(12-13)20(26)15-8-4-10-22-17(15)21/h2-4,7-10,13H,5-6,11-12H2,1H3. The number of hydrogen-bond donors (Lipinski definition) is 0. The number of rotatable bonds is 4. The molecule has 1 fully saturated rings. The lowest BCUT2D eigenvalue weighted by Crippen LogP contribution is -2.39. The predicted molar refractivity (Wildman–Crippen MR) is 103 cm³/mol. The van der Waals surface area contributed by atoms with Gasteiger partial charge in [0, 0.05) is 25.2 Å². The smallest absolute Gasteiger partial charge is 0.261 e. The minimum Gasteiger partial charge on any atom is -0.496 e. The first-order chi connectivity index (χ1) is 13.7. The second kappa shape index (κ2) is 7.98. The number of halogens is 1. The number of benzene rings is 1. The van der Waals surface area contributed by atoms with Crippen LogP contribution in [0.3, 0.4) is 0 Å². The molecule has 7 nitrogen and oxygen atoms in total. The predicted octanol–water partition coefficient (Wildman–Crippen LogP) is 3.81. The summed E-state index contributed by atoms with van der Waals surface area (Å²) >= 11 is 6.08. The van der Waals surface area contributed by atoms with Crippen LogP contribution in [-0.2, 0) is 0 Å². The normalized spacial score (nSPS) is 16.8. The van der Waals surface area contributed by atoms with Gasteiger partial charge in [-0.2, -0.15) is 4.98 Å². The highest BCUT2D eigenvalue weighted by molar-refractivity contribution is 6.32. The summed E-state index contributed by atoms with van der Waals surface area (Å²) in [7, 11) is 1.60. The van der Waals surface area contributed by atoms with Crippen molar-refractivity contribution in [3.05, 3.63) is 59.1 Å². The zero-order valence-corrected chi connectivity index (χ0v) is 16.1. The number of likely N-dealkylation sites (tertiary alicyclic amines) is 1. The topological polar surface area (TPSA) is 81.4 Å². The lowest BCUT2D eigenvalue weighted by atomic mass is 9.97. The minimum atomic E-state index is -0.128. The van der Waals surface area contributed by atoms with Crippen LogP contribution in [0, 0.1) is 0 Å². The Balaban J connectivity index is 1.54. The molecule has 1 amide bonds. The number of carbonyl (C=O) groups excluding carboxylic acids is 1. The molecule has 0 aliphatic carbocycles. The summed E-state index contributed by atoms with van der Waals surface area (Å²) in [5.41, 5.74) is 1.15. The van der Waals surface area contributed by atoms with Crippen LogP contribution in [0.15, 0.2) is 47.1 Å². The second-order valence-corrected chi connectivity index (χ2v) is 6.95. The van der Waals surface area contributed by atoms with E-state index in [1.54, 1.807) is 30.3 Å². The van der Waals surface area contributed by atoms with E-state index in [9.17, 15) is 4.79 Å². The molecule has 0 radical (unpaired) electrons. The van der Waals surface area contributed by atoms with Crippen molar-refractivity contribution in [2.75, 3.05) is 20.2 Å². The average Bonchev–Trinajstić information content (AvgIpc) is 3.24. The molecule has 0 saturated carbocycles. The SMILES string of the molecule is COc1ccccc1-c1nc(C2CCCN(C(=O)c3cccnc3Cl)C2)no1. The van der Waals surface area contributed by atoms with Gasteiger partial charge in [-0.05, 0) is 37.1 Å². The van der Waals surface area contributed by atoms with Gasteiger partial charge in [-0.3, -0.25) is 4.79 Å². The lowest BCUT2D eigenvalue weighted by molar-refractivity contribution is 0.0703. The molecule has 0 bridgehead atoms. The molecule has 0 N–H and O–H groups in total. The first kappa shape index (κ1) is 18.4. The number of piperidine rings is 1. The van der Waals surface area contributed by atoms with Crippen molar-refractivity contribution in [1.82, 2.24) is 20.0 Å². The van der Waals surface area contributed by atoms with Crippen molar-refractivity contribution >= 4 is 17.5 Å². The molecule has 1 unspecified atom stereocenters. The fourth-order valence-corrected chi connectivity index (χ4v) is 3.62. The van der Waals surface area contributed by atoms with E-state index in [4.69, 9.17) is 20.9 Å². The maximum Gasteiger partial charge on any atom is 0.261 e. The first-order valence-corrected chi connectivity index (χ1v) is 9.42. The lowest BCUT2D eigenvalue weighted by Gasteiger charge is -2.31. The van der Waals surface area contributed by atoms with Gasteiger partial charge in [-0.25, -0.2) is 4.98 Å². The summed E-state index contributed by atoms with van der Waals surface area (Å²) in [6.45, 7) is 1.17. The average molecular weight is 399 g/mol. The van der Waals surface area contributed by atoms with Crippen molar-refractivity contribution in [3.8, 4) is 17.2 Å². The summed E-state index contributed by atoms with van der Waals surface area (Å²) in [5.74, 6) is 1.54. The molecule has 1 aliphatic rings. The van der Waals surface area contributed by atoms with Crippen LogP contribution in [0.25, 0.3) is 11.5 Å². The molecule has 3 aromatic rings. The van der Waals surface area contributed by atoms with Gasteiger partial charge in [0.2, 0.25) is 0 Å². The van der Waals surface area contributed by atoms with Crippen LogP contribution >= 0.6 is 11.6 Å². The number of para-hydroxylation sites is 1. The van der Waals surface area contributed by atoms with Crippen molar-refractivity contribution in [1.29, 1.82) is 0 Å². The second-order valence-electron chi connectivity index (χ2n) is 6.59. The summed E-state index contributed by atoms with van der Waals surface area (Å²) in [4.78, 5) is 23.2. The van der Waals surface area contributed by atoms with Gasteiger partial charge in [0.05, 0.1) is 18.2 Å². The maximum absolute atomic E-state index is 12.8. The van der Waals surface area contributed by atoms with Gasteiger partial charge in [0.1, 0.15) is 10.9 Å². The third-order valence-electron chi connectivity index (χ3n) is 4.84. The first-order valence-electron chi connectivity index (χ1n) is 9.04. The van der Waals surface area contributed by atoms with Crippen LogP contribution in [0.1, 0.15) is 34.9 Å². The number of pyridine rings is 1. The molecule has 1 saturated heterocycles. The zero-order chi connectivity index (χ0) is 19.5. The van der Waals surface area contributed by atoms with E-state index in [0.717, 1.165) is 18.4 Å². The Morgan fingerprint density at radius 2 is 2.14 bits per heavy atom. The van der Waals surface area contributed by atoms with Crippen LogP contribution in [0.4, 0.5) is 0 Å². The molecule has 1 atom stereocenters. The van der Waals surface area contributed by atoms with Gasteiger partial charge in [-0.15, -0.1) is 0 Å². The minimum absolute atomic E-state index is 0.000328. The van der Waals surface area contributed by atoms with Gasteiger partial charge in [-0.1, -0.05) is 28.9 Å². The molecular formula is C20H19ClN4O3. The highest BCUT2D eigenvalue weighted by atomic mass is 35.5. The number of carbonyl (C=O) groups is 1. The van der Waals surface area contributed by atoms with E-state index < -0.39 is 0 Å². The van der Waals surface area contributed by atoms with E-state index in [2.05, 4.69) is 15.1 Å². The van der Waals surface area contributed by atoms with Crippen LogP contribution in [0.2, 0.25) is 5.15 Å². The zero-order valence-electron chi connectivity index (χ0n) is 15.3. The van der Waals surface area contributed by atoms with Crippen molar-refractivity contribution in [2.45, 2.75) is 18.8 Å². The maximum atomic E-state index is 12.8. The van der Waals surface area contributed by atoms with Crippen LogP contribution in [0.5, 0.6) is 5.75 Å². The van der Waals surface area contributed by atoms with Crippen LogP contribution < -0.4 is 4.74 Å². The number of amides is 1. The highest BCUT2D eigenvalue weighted by Gasteiger charge is 2.30. The molecule has 3 heterocycles. The Morgan fingerprint density at radius 1 is 1.29 bits per heavy atom. The summed E-state index contributed by atoms with van der Waals surface area (Å²) in [5, 5.41) is 4.37. The fourth-order valence-electron chi connectivity index (χ4n) is 3.42. The molecule has 144 valence electrons. The third-order valence-corrected chi connectivity index (χ3v) is 5.14. The molecule has 1 aromatic carbocycles. The Hall–Kier alpha value is -2.93. The summed E-state index contributed by atoms with van der Waals surface area (Å²) < 4.78 is 10.8. The number of hydrogen-bond acceptors (Lipinski definition) is 6. The van der Waals surface area contributed by atoms with E-state index in [0.29, 0.717) is 36.1 Å². The van der Waals surface area contributed by atoms with Gasteiger partial charge < -0.3 is 14.2 Å². The molecular weight excluding hydrogens is 380 g/mol. The number of ether oxygens (including phenoxy) is 1. The van der Waals surface area contributed by atoms with E-state index in [-0.39, 0.29) is 17.0 Å². The molecule has 4 rings (SSSR count). The Bertz CT molecular complexity index is 991. The summed E-state index contributed by atoms with van der Waals surface area (Å²) in [6.07, 6.45) is 3.30. The van der Waals surface area contributed by atoms with Crippen molar-refractivity contribution < 1.29 is 14.1 Å². The van der Waals surface area contributed by atoms with Gasteiger partial charge >= 0.3 is 0 Å². The van der Waals surface area contributed by atoms with Crippen LogP contribution in [-0.4, -0.2) is 46.1 Å². The Morgan fingerprint density at radius 3 is 2.96 bits per heavy atom. The molecule has 2 aromatic heterocycles. The largest absolute Gasteiger partial charge is 0.496 e. The highest BCUT2D eigenvalue weighted by Crippen LogP contribution is 2.31. The molecule has 28 heavy (non-hydrogen) atoms. The van der Waals surface area contributed by atoms with Crippen molar-refractivity contribution in [2.24, 2.45) is 0 Å². The molecule has 8 heteroatoms. The number of methoxy groups -OCH3 is 1. The molecule has 1 aliphatic heterocycles. The Kier molecular flexibility index (Phi) is 5.25. The van der Waals surface area contributed by atoms with Gasteiger partial charge in [0.15, 0.2) is 5.82 Å². The monoisotopic (exact) mass is 398 g/mol. The fraction of sp³-hybridized carbons (Fsp3) is 0.300. The molecule has 0 spiro atoms. The van der Waals surface area contributed by atoms with E-state index in [1.807, 2.05) is 24.3 Å². The van der Waals surface area contributed by atoms with E-state index >= 15 is 0 Å². The number of aromatic nitrogens is 3.